The lowest BCUT2D eigenvalue weighted by atomic mass is 10.2. The number of aliphatic hydroxyl groups is 1. The third-order valence-corrected chi connectivity index (χ3v) is 7.51. The predicted octanol–water partition coefficient (Wildman–Crippen LogP) is 3.19. The minimum absolute atomic E-state index is 0.0530. The molecule has 1 aliphatic carbocycles. The molecule has 12 heteroatoms. The van der Waals surface area contributed by atoms with E-state index in [1.165, 1.54) is 0 Å². The molecule has 1 saturated carbocycles. The maximum absolute atomic E-state index is 9.30. The first-order valence-electron chi connectivity index (χ1n) is 12.6. The Bertz CT molecular complexity index is 1220. The van der Waals surface area contributed by atoms with E-state index in [-0.39, 0.29) is 37.6 Å². The van der Waals surface area contributed by atoms with Crippen LogP contribution in [0.4, 0.5) is 5.82 Å². The molecular formula is C25H34N6O5S. The van der Waals surface area contributed by atoms with E-state index in [0.717, 1.165) is 23.5 Å². The fourth-order valence-electron chi connectivity index (χ4n) is 4.90. The molecule has 11 nitrogen and oxygen atoms in total. The highest BCUT2D eigenvalue weighted by molar-refractivity contribution is 7.99. The topological polar surface area (TPSA) is 126 Å². The number of fused-ring (bicyclic) bond motifs is 2. The van der Waals surface area contributed by atoms with Crippen LogP contribution in [-0.4, -0.2) is 80.2 Å². The predicted molar refractivity (Wildman–Crippen MR) is 139 cm³/mol. The minimum atomic E-state index is -0.744. The van der Waals surface area contributed by atoms with Gasteiger partial charge in [-0.1, -0.05) is 36.0 Å². The first-order chi connectivity index (χ1) is 17.9. The Labute approximate surface area is 220 Å². The van der Waals surface area contributed by atoms with Crippen molar-refractivity contribution in [3.05, 3.63) is 29.8 Å². The third kappa shape index (κ3) is 5.53. The third-order valence-electron chi connectivity index (χ3n) is 6.45. The number of rotatable bonds is 11. The number of nitrogens with one attached hydrogen (secondary N) is 1. The zero-order valence-corrected chi connectivity index (χ0v) is 22.4. The van der Waals surface area contributed by atoms with Gasteiger partial charge < -0.3 is 29.4 Å². The fourth-order valence-corrected chi connectivity index (χ4v) is 5.59. The lowest BCUT2D eigenvalue weighted by molar-refractivity contribution is -0.171. The van der Waals surface area contributed by atoms with E-state index < -0.39 is 5.79 Å². The number of aromatic nitrogens is 5. The molecule has 2 fully saturated rings. The highest BCUT2D eigenvalue weighted by Crippen LogP contribution is 2.45. The molecule has 2 N–H and O–H groups in total. The molecule has 2 aliphatic rings. The van der Waals surface area contributed by atoms with Crippen LogP contribution >= 0.6 is 11.8 Å². The number of thioether (sulfide) groups is 1. The second-order valence-corrected chi connectivity index (χ2v) is 10.7. The Hall–Kier alpha value is -2.51. The van der Waals surface area contributed by atoms with Crippen LogP contribution in [-0.2, 0) is 20.8 Å². The van der Waals surface area contributed by atoms with Gasteiger partial charge in [0.1, 0.15) is 18.0 Å². The van der Waals surface area contributed by atoms with Crippen molar-refractivity contribution in [3.8, 4) is 5.75 Å². The first kappa shape index (κ1) is 26.1. The average molecular weight is 531 g/mol. The molecule has 0 bridgehead atoms. The van der Waals surface area contributed by atoms with Crippen molar-refractivity contribution in [2.75, 3.05) is 31.4 Å². The van der Waals surface area contributed by atoms with E-state index in [2.05, 4.69) is 22.6 Å². The largest absolute Gasteiger partial charge is 0.497 e. The number of benzene rings is 1. The maximum Gasteiger partial charge on any atom is 0.191 e. The van der Waals surface area contributed by atoms with Crippen LogP contribution in [0, 0.1) is 0 Å². The molecular weight excluding hydrogens is 496 g/mol. The molecule has 37 heavy (non-hydrogen) atoms. The van der Waals surface area contributed by atoms with Gasteiger partial charge in [-0.15, -0.1) is 5.10 Å². The van der Waals surface area contributed by atoms with Gasteiger partial charge in [-0.05, 0) is 38.0 Å². The van der Waals surface area contributed by atoms with Crippen molar-refractivity contribution in [2.45, 2.75) is 75.5 Å². The van der Waals surface area contributed by atoms with Crippen molar-refractivity contribution < 1.29 is 24.1 Å². The molecule has 4 atom stereocenters. The number of hydrogen-bond donors (Lipinski definition) is 2. The second kappa shape index (κ2) is 11.1. The molecule has 2 aromatic heterocycles. The summed E-state index contributed by atoms with van der Waals surface area (Å²) in [4.78, 5) is 9.62. The standard InChI is InChI=1S/C25H34N6O5S/c1-5-11-37-24-27-22(26-14-15-7-6-8-16(12-15)33-4)19-23(28-24)31(30-29-19)17-13-18(34-10-9-32)21-20(17)35-25(2,3)36-21/h6-8,12,17-18,20-21,32H,5,9-11,13-14H2,1-4H3,(H,26,27,28)/t17-,18-,20?,21?/m1/s1. The van der Waals surface area contributed by atoms with Crippen molar-refractivity contribution in [1.29, 1.82) is 0 Å². The Balaban J connectivity index is 1.48. The van der Waals surface area contributed by atoms with Crippen LogP contribution in [0.25, 0.3) is 11.2 Å². The highest BCUT2D eigenvalue weighted by Gasteiger charge is 2.56. The van der Waals surface area contributed by atoms with Crippen LogP contribution in [0.3, 0.4) is 0 Å². The van der Waals surface area contributed by atoms with Crippen molar-refractivity contribution >= 4 is 28.7 Å². The van der Waals surface area contributed by atoms with Crippen LogP contribution in [0.1, 0.15) is 45.2 Å². The highest BCUT2D eigenvalue weighted by atomic mass is 32.2. The van der Waals surface area contributed by atoms with Gasteiger partial charge in [0, 0.05) is 18.7 Å². The molecule has 0 amide bonds. The zero-order chi connectivity index (χ0) is 26.0. The summed E-state index contributed by atoms with van der Waals surface area (Å²) < 4.78 is 25.6. The fraction of sp³-hybridized carbons (Fsp3) is 0.600. The first-order valence-corrected chi connectivity index (χ1v) is 13.6. The molecule has 0 spiro atoms. The van der Waals surface area contributed by atoms with E-state index in [9.17, 15) is 5.11 Å². The van der Waals surface area contributed by atoms with Crippen LogP contribution < -0.4 is 10.1 Å². The molecule has 200 valence electrons. The smallest absolute Gasteiger partial charge is 0.191 e. The summed E-state index contributed by atoms with van der Waals surface area (Å²) in [7, 11) is 1.66. The van der Waals surface area contributed by atoms with E-state index >= 15 is 0 Å². The molecule has 1 saturated heterocycles. The summed E-state index contributed by atoms with van der Waals surface area (Å²) in [5.41, 5.74) is 2.29. The summed E-state index contributed by atoms with van der Waals surface area (Å²) in [6, 6.07) is 7.70. The molecule has 0 radical (unpaired) electrons. The van der Waals surface area contributed by atoms with Gasteiger partial charge in [-0.2, -0.15) is 0 Å². The quantitative estimate of drug-likeness (QED) is 0.280. The van der Waals surface area contributed by atoms with Crippen LogP contribution in [0.15, 0.2) is 29.4 Å². The number of aliphatic hydroxyl groups excluding tert-OH is 1. The van der Waals surface area contributed by atoms with Gasteiger partial charge in [0.05, 0.1) is 32.5 Å². The Morgan fingerprint density at radius 1 is 1.24 bits per heavy atom. The molecule has 3 aromatic rings. The number of nitrogens with zero attached hydrogens (tertiary/aromatic N) is 5. The maximum atomic E-state index is 9.30. The lowest BCUT2D eigenvalue weighted by Gasteiger charge is -2.23. The van der Waals surface area contributed by atoms with Crippen LogP contribution in [0.2, 0.25) is 0 Å². The van der Waals surface area contributed by atoms with Gasteiger partial charge >= 0.3 is 0 Å². The normalized spacial score (nSPS) is 24.5. The average Bonchev–Trinajstić information content (AvgIpc) is 3.55. The SMILES string of the molecule is CCCSc1nc(NCc2cccc(OC)c2)c2nnn([C@@H]3C[C@@H](OCCO)C4OC(C)(C)OC43)c2n1. The van der Waals surface area contributed by atoms with Gasteiger partial charge in [0.2, 0.25) is 0 Å². The summed E-state index contributed by atoms with van der Waals surface area (Å²) in [6.45, 7) is 6.65. The molecule has 1 aromatic carbocycles. The zero-order valence-electron chi connectivity index (χ0n) is 21.6. The van der Waals surface area contributed by atoms with Gasteiger partial charge in [-0.3, -0.25) is 0 Å². The van der Waals surface area contributed by atoms with E-state index in [0.29, 0.717) is 35.1 Å². The van der Waals surface area contributed by atoms with Crippen LogP contribution in [0.5, 0.6) is 5.75 Å². The summed E-state index contributed by atoms with van der Waals surface area (Å²) in [5, 5.41) is 22.4. The Morgan fingerprint density at radius 2 is 2.08 bits per heavy atom. The summed E-state index contributed by atoms with van der Waals surface area (Å²) in [6.07, 6.45) is 0.834. The number of methoxy groups -OCH3 is 1. The molecule has 2 unspecified atom stereocenters. The van der Waals surface area contributed by atoms with Crippen molar-refractivity contribution in [1.82, 2.24) is 25.0 Å². The van der Waals surface area contributed by atoms with Crippen molar-refractivity contribution in [2.24, 2.45) is 0 Å². The minimum Gasteiger partial charge on any atom is -0.497 e. The van der Waals surface area contributed by atoms with Gasteiger partial charge in [-0.25, -0.2) is 14.6 Å². The number of hydrogen-bond acceptors (Lipinski definition) is 11. The molecule has 3 heterocycles. The van der Waals surface area contributed by atoms with E-state index in [1.54, 1.807) is 18.9 Å². The Kier molecular flexibility index (Phi) is 7.82. The summed E-state index contributed by atoms with van der Waals surface area (Å²) >= 11 is 1.60. The molecule has 5 rings (SSSR count). The van der Waals surface area contributed by atoms with Crippen molar-refractivity contribution in [3.63, 3.8) is 0 Å². The number of ether oxygens (including phenoxy) is 4. The number of anilines is 1. The van der Waals surface area contributed by atoms with E-state index in [1.807, 2.05) is 42.8 Å². The second-order valence-electron chi connectivity index (χ2n) is 9.62. The van der Waals surface area contributed by atoms with Gasteiger partial charge in [0.25, 0.3) is 0 Å². The van der Waals surface area contributed by atoms with Gasteiger partial charge in [0.15, 0.2) is 27.9 Å². The summed E-state index contributed by atoms with van der Waals surface area (Å²) in [5.74, 6) is 1.59. The van der Waals surface area contributed by atoms with E-state index in [4.69, 9.17) is 28.9 Å². The Morgan fingerprint density at radius 3 is 2.86 bits per heavy atom. The monoisotopic (exact) mass is 530 g/mol. The lowest BCUT2D eigenvalue weighted by Crippen LogP contribution is -2.31. The molecule has 1 aliphatic heterocycles.